The molecule has 0 spiro atoms. The van der Waals surface area contributed by atoms with E-state index in [4.69, 9.17) is 14.2 Å². The van der Waals surface area contributed by atoms with Gasteiger partial charge in [0.05, 0.1) is 19.3 Å². The summed E-state index contributed by atoms with van der Waals surface area (Å²) in [5.74, 6) is 0.847. The van der Waals surface area contributed by atoms with Gasteiger partial charge in [-0.2, -0.15) is 0 Å². The van der Waals surface area contributed by atoms with Gasteiger partial charge in [0, 0.05) is 33.3 Å². The third-order valence-electron chi connectivity index (χ3n) is 6.09. The first-order valence-electron chi connectivity index (χ1n) is 11.7. The van der Waals surface area contributed by atoms with Crippen molar-refractivity contribution in [3.8, 4) is 5.75 Å². The van der Waals surface area contributed by atoms with Crippen LogP contribution in [-0.4, -0.2) is 86.8 Å². The molecular weight excluding hydrogens is 380 g/mol. The fourth-order valence-corrected chi connectivity index (χ4v) is 4.39. The number of hydrogen-bond acceptors (Lipinski definition) is 6. The van der Waals surface area contributed by atoms with E-state index in [-0.39, 0.29) is 0 Å². The van der Waals surface area contributed by atoms with Gasteiger partial charge in [-0.25, -0.2) is 0 Å². The molecule has 6 heteroatoms. The summed E-state index contributed by atoms with van der Waals surface area (Å²) < 4.78 is 16.8. The number of hydrogen-bond donors (Lipinski definition) is 1. The van der Waals surface area contributed by atoms with Crippen molar-refractivity contribution < 1.29 is 19.3 Å². The minimum absolute atomic E-state index is 0.351. The molecule has 0 saturated carbocycles. The zero-order chi connectivity index (χ0) is 21.0. The van der Waals surface area contributed by atoms with Gasteiger partial charge in [0.2, 0.25) is 0 Å². The van der Waals surface area contributed by atoms with Crippen LogP contribution < -0.4 is 4.74 Å². The molecule has 3 rings (SSSR count). The molecule has 0 radical (unpaired) electrons. The molecule has 30 heavy (non-hydrogen) atoms. The minimum atomic E-state index is -0.441. The van der Waals surface area contributed by atoms with Gasteiger partial charge in [0.15, 0.2) is 0 Å². The average molecular weight is 421 g/mol. The third kappa shape index (κ3) is 8.52. The lowest BCUT2D eigenvalue weighted by Crippen LogP contribution is -2.37. The summed E-state index contributed by atoms with van der Waals surface area (Å²) in [6, 6.07) is 8.30. The number of β-amino-alcohol motifs (C(OH)–C–C–N with tert-alkyl or cyclic N) is 1. The van der Waals surface area contributed by atoms with Gasteiger partial charge < -0.3 is 24.2 Å². The summed E-state index contributed by atoms with van der Waals surface area (Å²) in [5.41, 5.74) is 1.26. The van der Waals surface area contributed by atoms with E-state index >= 15 is 0 Å². The van der Waals surface area contributed by atoms with Crippen LogP contribution in [0, 0.1) is 0 Å². The summed E-state index contributed by atoms with van der Waals surface area (Å²) >= 11 is 0. The van der Waals surface area contributed by atoms with Gasteiger partial charge in [0.1, 0.15) is 18.5 Å². The highest BCUT2D eigenvalue weighted by Crippen LogP contribution is 2.19. The molecule has 0 unspecified atom stereocenters. The maximum atomic E-state index is 10.4. The second kappa shape index (κ2) is 13.3. The Kier molecular flexibility index (Phi) is 10.4. The van der Waals surface area contributed by atoms with Crippen LogP contribution in [0.15, 0.2) is 24.3 Å². The van der Waals surface area contributed by atoms with Crippen LogP contribution in [0.4, 0.5) is 0 Å². The van der Waals surface area contributed by atoms with E-state index in [1.54, 1.807) is 7.11 Å². The molecule has 2 saturated heterocycles. The fraction of sp³-hybridized carbons (Fsp3) is 0.750. The van der Waals surface area contributed by atoms with Crippen LogP contribution in [0.2, 0.25) is 0 Å². The number of ether oxygens (including phenoxy) is 3. The van der Waals surface area contributed by atoms with Crippen molar-refractivity contribution in [1.29, 1.82) is 0 Å². The van der Waals surface area contributed by atoms with E-state index in [9.17, 15) is 5.11 Å². The average Bonchev–Trinajstić information content (AvgIpc) is 3.03. The number of rotatable bonds is 11. The molecule has 1 aromatic rings. The lowest BCUT2D eigenvalue weighted by atomic mass is 10.1. The zero-order valence-electron chi connectivity index (χ0n) is 18.6. The summed E-state index contributed by atoms with van der Waals surface area (Å²) in [6.07, 6.45) is 7.17. The molecule has 170 valence electrons. The van der Waals surface area contributed by atoms with Crippen molar-refractivity contribution in [3.05, 3.63) is 29.8 Å². The Morgan fingerprint density at radius 1 is 1.00 bits per heavy atom. The maximum Gasteiger partial charge on any atom is 0.119 e. The quantitative estimate of drug-likeness (QED) is 0.556. The first-order valence-corrected chi connectivity index (χ1v) is 11.7. The largest absolute Gasteiger partial charge is 0.491 e. The number of likely N-dealkylation sites (tertiary alicyclic amines) is 2. The fourth-order valence-electron chi connectivity index (χ4n) is 4.39. The van der Waals surface area contributed by atoms with Crippen LogP contribution in [0.5, 0.6) is 5.75 Å². The second-order valence-corrected chi connectivity index (χ2v) is 8.67. The molecule has 2 aliphatic heterocycles. The summed E-state index contributed by atoms with van der Waals surface area (Å²) in [7, 11) is 1.71. The third-order valence-corrected chi connectivity index (χ3v) is 6.09. The first kappa shape index (κ1) is 23.5. The second-order valence-electron chi connectivity index (χ2n) is 8.67. The Labute approximate surface area is 182 Å². The van der Waals surface area contributed by atoms with Gasteiger partial charge in [0.25, 0.3) is 0 Å². The number of piperidine rings is 1. The van der Waals surface area contributed by atoms with Crippen molar-refractivity contribution in [3.63, 3.8) is 0 Å². The Balaban J connectivity index is 1.37. The van der Waals surface area contributed by atoms with Crippen LogP contribution in [0.25, 0.3) is 0 Å². The molecule has 6 nitrogen and oxygen atoms in total. The van der Waals surface area contributed by atoms with Crippen LogP contribution >= 0.6 is 0 Å². The van der Waals surface area contributed by atoms with E-state index in [1.807, 2.05) is 12.1 Å². The number of nitrogens with zero attached hydrogens (tertiary/aromatic N) is 2. The molecule has 0 amide bonds. The predicted molar refractivity (Wildman–Crippen MR) is 119 cm³/mol. The highest BCUT2D eigenvalue weighted by molar-refractivity contribution is 5.28. The Morgan fingerprint density at radius 2 is 1.77 bits per heavy atom. The lowest BCUT2D eigenvalue weighted by Gasteiger charge is -2.32. The van der Waals surface area contributed by atoms with Gasteiger partial charge >= 0.3 is 0 Å². The highest BCUT2D eigenvalue weighted by atomic mass is 16.5. The number of aliphatic hydroxyl groups is 1. The molecule has 0 aromatic heterocycles. The number of benzene rings is 1. The molecule has 2 fully saturated rings. The summed E-state index contributed by atoms with van der Waals surface area (Å²) in [5, 5.41) is 10.4. The monoisotopic (exact) mass is 420 g/mol. The molecule has 0 aliphatic carbocycles. The number of aliphatic hydroxyl groups excluding tert-OH is 1. The molecule has 2 heterocycles. The smallest absolute Gasteiger partial charge is 0.119 e. The van der Waals surface area contributed by atoms with Crippen molar-refractivity contribution >= 4 is 0 Å². The highest BCUT2D eigenvalue weighted by Gasteiger charge is 2.20. The van der Waals surface area contributed by atoms with Crippen molar-refractivity contribution in [2.75, 3.05) is 59.7 Å². The molecule has 0 bridgehead atoms. The molecule has 1 atom stereocenters. The summed E-state index contributed by atoms with van der Waals surface area (Å²) in [6.45, 7) is 7.64. The van der Waals surface area contributed by atoms with Crippen molar-refractivity contribution in [2.45, 2.75) is 57.3 Å². The van der Waals surface area contributed by atoms with Crippen LogP contribution in [0.3, 0.4) is 0 Å². The van der Waals surface area contributed by atoms with Crippen LogP contribution in [0.1, 0.15) is 44.1 Å². The van der Waals surface area contributed by atoms with Crippen molar-refractivity contribution in [1.82, 2.24) is 9.80 Å². The molecule has 2 aliphatic rings. The van der Waals surface area contributed by atoms with Crippen LogP contribution in [-0.2, 0) is 16.0 Å². The normalized spacial score (nSPS) is 20.7. The molecule has 1 N–H and O–H groups in total. The topological polar surface area (TPSA) is 54.4 Å². The SMILES string of the molecule is COCCOC1CCN(Cc2cccc(OC[C@H](O)CN3CCCCCC3)c2)CC1. The molecular formula is C24H40N2O4. The van der Waals surface area contributed by atoms with E-state index in [0.29, 0.717) is 32.5 Å². The standard InChI is InChI=1S/C24H40N2O4/c1-28-15-16-29-23-9-13-26(14-10-23)18-21-7-6-8-24(17-21)30-20-22(27)19-25-11-4-2-3-5-12-25/h6-8,17,22-23,27H,2-5,9-16,18-20H2,1H3/t22-/m1/s1. The Morgan fingerprint density at radius 3 is 2.50 bits per heavy atom. The Hall–Kier alpha value is -1.18. The predicted octanol–water partition coefficient (Wildman–Crippen LogP) is 2.93. The van der Waals surface area contributed by atoms with Gasteiger partial charge in [-0.15, -0.1) is 0 Å². The minimum Gasteiger partial charge on any atom is -0.491 e. The van der Waals surface area contributed by atoms with Gasteiger partial charge in [-0.05, 0) is 56.5 Å². The van der Waals surface area contributed by atoms with E-state index in [2.05, 4.69) is 21.9 Å². The molecule has 1 aromatic carbocycles. The van der Waals surface area contributed by atoms with Gasteiger partial charge in [-0.3, -0.25) is 4.90 Å². The van der Waals surface area contributed by atoms with E-state index in [1.165, 1.54) is 31.2 Å². The van der Waals surface area contributed by atoms with Crippen molar-refractivity contribution in [2.24, 2.45) is 0 Å². The lowest BCUT2D eigenvalue weighted by molar-refractivity contribution is -0.0158. The van der Waals surface area contributed by atoms with E-state index in [0.717, 1.165) is 51.3 Å². The number of methoxy groups -OCH3 is 1. The maximum absolute atomic E-state index is 10.4. The first-order chi connectivity index (χ1) is 14.7. The zero-order valence-corrected chi connectivity index (χ0v) is 18.6. The van der Waals surface area contributed by atoms with Gasteiger partial charge in [-0.1, -0.05) is 25.0 Å². The summed E-state index contributed by atoms with van der Waals surface area (Å²) in [4.78, 5) is 4.85. The van der Waals surface area contributed by atoms with E-state index < -0.39 is 6.10 Å². The Bertz CT molecular complexity index is 584.